The van der Waals surface area contributed by atoms with E-state index in [0.717, 1.165) is 5.52 Å². The molecule has 3 aromatic rings. The third kappa shape index (κ3) is 3.27. The molecular weight excluding hydrogens is 384 g/mol. The van der Waals surface area contributed by atoms with E-state index < -0.39 is 16.1 Å². The summed E-state index contributed by atoms with van der Waals surface area (Å²) in [6, 6.07) is 9.26. The van der Waals surface area contributed by atoms with E-state index in [2.05, 4.69) is 15.0 Å². The number of aliphatic hydroxyl groups is 1. The fourth-order valence-electron chi connectivity index (χ4n) is 2.98. The second kappa shape index (κ2) is 6.80. The molecule has 1 aliphatic heterocycles. The van der Waals surface area contributed by atoms with Crippen molar-refractivity contribution < 1.29 is 23.1 Å². The third-order valence-electron chi connectivity index (χ3n) is 4.41. The Labute approximate surface area is 161 Å². The highest BCUT2D eigenvalue weighted by Gasteiger charge is 2.25. The maximum atomic E-state index is 12.8. The van der Waals surface area contributed by atoms with Crippen molar-refractivity contribution in [3.05, 3.63) is 42.7 Å². The van der Waals surface area contributed by atoms with Crippen LogP contribution in [0.1, 0.15) is 6.92 Å². The molecule has 1 aliphatic rings. The summed E-state index contributed by atoms with van der Waals surface area (Å²) in [5.41, 5.74) is 2.06. The normalized spacial score (nSPS) is 16.4. The predicted octanol–water partition coefficient (Wildman–Crippen LogP) is 1.55. The zero-order valence-corrected chi connectivity index (χ0v) is 15.7. The molecule has 9 nitrogen and oxygen atoms in total. The fraction of sp³-hybridized carbons (Fsp3) is 0.222. The zero-order valence-electron chi connectivity index (χ0n) is 14.9. The number of aliphatic hydroxyl groups excluding tert-OH is 1. The highest BCUT2D eigenvalue weighted by Crippen LogP contribution is 2.32. The van der Waals surface area contributed by atoms with E-state index in [1.165, 1.54) is 18.2 Å². The molecule has 2 heterocycles. The molecule has 0 saturated heterocycles. The van der Waals surface area contributed by atoms with Crippen molar-refractivity contribution in [2.75, 3.05) is 16.6 Å². The lowest BCUT2D eigenvalue weighted by Gasteiger charge is -2.23. The number of benzene rings is 2. The topological polar surface area (TPSA) is 123 Å². The van der Waals surface area contributed by atoms with Gasteiger partial charge in [0.15, 0.2) is 6.10 Å². The minimum absolute atomic E-state index is 0.00406. The molecule has 0 spiro atoms. The number of sulfonamides is 1. The van der Waals surface area contributed by atoms with Gasteiger partial charge in [0.25, 0.3) is 15.9 Å². The highest BCUT2D eigenvalue weighted by atomic mass is 32.2. The van der Waals surface area contributed by atoms with Gasteiger partial charge in [-0.25, -0.2) is 13.4 Å². The first kappa shape index (κ1) is 18.3. The van der Waals surface area contributed by atoms with E-state index in [4.69, 9.17) is 9.84 Å². The van der Waals surface area contributed by atoms with Crippen LogP contribution in [0, 0.1) is 0 Å². The molecule has 0 aliphatic carbocycles. The average Bonchev–Trinajstić information content (AvgIpc) is 3.04. The molecule has 28 heavy (non-hydrogen) atoms. The number of fused-ring (bicyclic) bond motifs is 2. The Bertz CT molecular complexity index is 1170. The van der Waals surface area contributed by atoms with Crippen LogP contribution in [0.5, 0.6) is 5.75 Å². The summed E-state index contributed by atoms with van der Waals surface area (Å²) in [7, 11) is -3.88. The van der Waals surface area contributed by atoms with Crippen LogP contribution in [0.2, 0.25) is 0 Å². The molecule has 1 aromatic heterocycles. The Morgan fingerprint density at radius 2 is 2.11 bits per heavy atom. The number of aromatic nitrogens is 2. The predicted molar refractivity (Wildman–Crippen MR) is 103 cm³/mol. The second-order valence-corrected chi connectivity index (χ2v) is 8.06. The first-order chi connectivity index (χ1) is 13.4. The number of nitrogens with zero attached hydrogens (tertiary/aromatic N) is 2. The van der Waals surface area contributed by atoms with E-state index in [0.29, 0.717) is 29.2 Å². The van der Waals surface area contributed by atoms with Crippen LogP contribution in [-0.4, -0.2) is 41.7 Å². The van der Waals surface area contributed by atoms with Crippen LogP contribution in [0.4, 0.5) is 11.4 Å². The third-order valence-corrected chi connectivity index (χ3v) is 5.79. The number of hydrogen-bond donors (Lipinski definition) is 3. The first-order valence-electron chi connectivity index (χ1n) is 8.57. The molecule has 1 amide bonds. The smallest absolute Gasteiger partial charge is 0.265 e. The molecule has 2 aromatic carbocycles. The molecule has 10 heteroatoms. The summed E-state index contributed by atoms with van der Waals surface area (Å²) in [6.45, 7) is 2.00. The molecule has 0 fully saturated rings. The lowest BCUT2D eigenvalue weighted by Crippen LogP contribution is -2.34. The van der Waals surface area contributed by atoms with Crippen LogP contribution in [0.15, 0.2) is 47.6 Å². The van der Waals surface area contributed by atoms with Gasteiger partial charge in [0.05, 0.1) is 40.2 Å². The van der Waals surface area contributed by atoms with E-state index in [1.54, 1.807) is 36.0 Å². The van der Waals surface area contributed by atoms with Gasteiger partial charge in [0, 0.05) is 6.54 Å². The van der Waals surface area contributed by atoms with Crippen LogP contribution in [0.3, 0.4) is 0 Å². The lowest BCUT2D eigenvalue weighted by molar-refractivity contribution is -0.122. The summed E-state index contributed by atoms with van der Waals surface area (Å²) < 4.78 is 35.2. The number of ether oxygens (including phenoxy) is 1. The molecule has 4 rings (SSSR count). The highest BCUT2D eigenvalue weighted by molar-refractivity contribution is 7.92. The van der Waals surface area contributed by atoms with Gasteiger partial charge in [0.1, 0.15) is 5.75 Å². The van der Waals surface area contributed by atoms with Crippen molar-refractivity contribution in [3.63, 3.8) is 0 Å². The van der Waals surface area contributed by atoms with Crippen LogP contribution >= 0.6 is 0 Å². The summed E-state index contributed by atoms with van der Waals surface area (Å²) >= 11 is 0. The largest absolute Gasteiger partial charge is 0.479 e. The summed E-state index contributed by atoms with van der Waals surface area (Å²) in [5, 5.41) is 11.7. The molecule has 0 unspecified atom stereocenters. The standard InChI is InChI=1S/C18H18N4O5S/c1-11-18(24)20-15-9-13(3-5-17(15)27-11)28(25,26)21-12-2-4-16-14(8-12)19-10-22(16)6-7-23/h2-5,8-11,21,23H,6-7H2,1H3,(H,20,24)/t11-/m1/s1. The summed E-state index contributed by atoms with van der Waals surface area (Å²) in [5.74, 6) is 0.0841. The Morgan fingerprint density at radius 3 is 2.89 bits per heavy atom. The maximum Gasteiger partial charge on any atom is 0.265 e. The van der Waals surface area contributed by atoms with E-state index >= 15 is 0 Å². The van der Waals surface area contributed by atoms with Crippen molar-refractivity contribution in [3.8, 4) is 5.75 Å². The van der Waals surface area contributed by atoms with Crippen molar-refractivity contribution in [1.82, 2.24) is 9.55 Å². The number of carbonyl (C=O) groups is 1. The molecule has 0 bridgehead atoms. The van der Waals surface area contributed by atoms with E-state index in [-0.39, 0.29) is 17.4 Å². The first-order valence-corrected chi connectivity index (χ1v) is 10.1. The molecule has 0 radical (unpaired) electrons. The average molecular weight is 402 g/mol. The number of nitrogens with one attached hydrogen (secondary N) is 2. The van der Waals surface area contributed by atoms with Gasteiger partial charge in [0.2, 0.25) is 0 Å². The Morgan fingerprint density at radius 1 is 1.29 bits per heavy atom. The molecule has 3 N–H and O–H groups in total. The second-order valence-electron chi connectivity index (χ2n) is 6.38. The van der Waals surface area contributed by atoms with Crippen LogP contribution in [-0.2, 0) is 21.4 Å². The molecule has 0 saturated carbocycles. The molecule has 146 valence electrons. The van der Waals surface area contributed by atoms with Crippen molar-refractivity contribution in [2.45, 2.75) is 24.5 Å². The lowest BCUT2D eigenvalue weighted by atomic mass is 10.2. The summed E-state index contributed by atoms with van der Waals surface area (Å²) in [6.07, 6.45) is 0.956. The van der Waals surface area contributed by atoms with Gasteiger partial charge in [-0.05, 0) is 43.3 Å². The molecular formula is C18H18N4O5S. The maximum absolute atomic E-state index is 12.8. The van der Waals surface area contributed by atoms with Crippen molar-refractivity contribution in [2.24, 2.45) is 0 Å². The fourth-order valence-corrected chi connectivity index (χ4v) is 4.06. The number of imidazole rings is 1. The Balaban J connectivity index is 1.62. The number of carbonyl (C=O) groups excluding carboxylic acids is 1. The van der Waals surface area contributed by atoms with E-state index in [9.17, 15) is 13.2 Å². The van der Waals surface area contributed by atoms with Crippen LogP contribution < -0.4 is 14.8 Å². The zero-order chi connectivity index (χ0) is 19.9. The number of amides is 1. The number of anilines is 2. The Kier molecular flexibility index (Phi) is 4.44. The van der Waals surface area contributed by atoms with Gasteiger partial charge in [-0.2, -0.15) is 0 Å². The van der Waals surface area contributed by atoms with Crippen molar-refractivity contribution >= 4 is 38.3 Å². The number of rotatable bonds is 5. The van der Waals surface area contributed by atoms with Gasteiger partial charge >= 0.3 is 0 Å². The monoisotopic (exact) mass is 402 g/mol. The minimum atomic E-state index is -3.88. The SMILES string of the molecule is C[C@H]1Oc2ccc(S(=O)(=O)Nc3ccc4c(c3)ncn4CCO)cc2NC1=O. The van der Waals surface area contributed by atoms with E-state index in [1.807, 2.05) is 0 Å². The van der Waals surface area contributed by atoms with Crippen LogP contribution in [0.25, 0.3) is 11.0 Å². The van der Waals surface area contributed by atoms with Crippen molar-refractivity contribution in [1.29, 1.82) is 0 Å². The number of hydrogen-bond acceptors (Lipinski definition) is 6. The Hall–Kier alpha value is -3.11. The minimum Gasteiger partial charge on any atom is -0.479 e. The van der Waals surface area contributed by atoms with Gasteiger partial charge in [-0.15, -0.1) is 0 Å². The molecule has 1 atom stereocenters. The van der Waals surface area contributed by atoms with Gasteiger partial charge in [-0.3, -0.25) is 9.52 Å². The quantitative estimate of drug-likeness (QED) is 0.595. The summed E-state index contributed by atoms with van der Waals surface area (Å²) in [4.78, 5) is 16.0. The van der Waals surface area contributed by atoms with Gasteiger partial charge < -0.3 is 19.7 Å². The van der Waals surface area contributed by atoms with Gasteiger partial charge in [-0.1, -0.05) is 0 Å².